The second-order valence-corrected chi connectivity index (χ2v) is 4.26. The van der Waals surface area contributed by atoms with Crippen LogP contribution < -0.4 is 11.1 Å². The van der Waals surface area contributed by atoms with E-state index in [4.69, 9.17) is 15.7 Å². The van der Waals surface area contributed by atoms with E-state index in [1.165, 1.54) is 12.1 Å². The summed E-state index contributed by atoms with van der Waals surface area (Å²) in [5.41, 5.74) is 5.25. The van der Waals surface area contributed by atoms with Gasteiger partial charge in [0.15, 0.2) is 5.84 Å². The van der Waals surface area contributed by atoms with Crippen LogP contribution in [0.3, 0.4) is 0 Å². The molecular weight excluding hydrogens is 253 g/mol. The van der Waals surface area contributed by atoms with Gasteiger partial charge in [-0.25, -0.2) is 9.18 Å². The average molecular weight is 269 g/mol. The molecule has 0 aliphatic carbocycles. The summed E-state index contributed by atoms with van der Waals surface area (Å²) < 4.78 is 18.5. The van der Waals surface area contributed by atoms with Crippen molar-refractivity contribution in [1.29, 1.82) is 0 Å². The van der Waals surface area contributed by atoms with Crippen molar-refractivity contribution in [2.45, 2.75) is 13.8 Å². The van der Waals surface area contributed by atoms with Crippen LogP contribution in [0.5, 0.6) is 0 Å². The summed E-state index contributed by atoms with van der Waals surface area (Å²) >= 11 is 0. The second-order valence-electron chi connectivity index (χ2n) is 4.26. The third-order valence-corrected chi connectivity index (χ3v) is 2.16. The molecule has 0 aromatic heterocycles. The molecule has 0 radical (unpaired) electrons. The summed E-state index contributed by atoms with van der Waals surface area (Å²) in [6, 6.07) is 3.95. The van der Waals surface area contributed by atoms with E-state index in [9.17, 15) is 9.18 Å². The van der Waals surface area contributed by atoms with Crippen LogP contribution in [0.1, 0.15) is 19.4 Å². The van der Waals surface area contributed by atoms with E-state index in [2.05, 4.69) is 10.5 Å². The maximum absolute atomic E-state index is 13.6. The highest BCUT2D eigenvalue weighted by molar-refractivity contribution is 6.04. The predicted molar refractivity (Wildman–Crippen MR) is 68.7 cm³/mol. The number of nitrogens with zero attached hydrogens (tertiary/aromatic N) is 1. The highest BCUT2D eigenvalue weighted by atomic mass is 19.1. The molecule has 0 fully saturated rings. The Morgan fingerprint density at radius 1 is 1.58 bits per heavy atom. The Balaban J connectivity index is 2.89. The molecular formula is C12H16FN3O3. The molecule has 1 amide bonds. The van der Waals surface area contributed by atoms with Crippen LogP contribution in [0.4, 0.5) is 14.9 Å². The molecule has 7 heteroatoms. The van der Waals surface area contributed by atoms with Gasteiger partial charge in [0.25, 0.3) is 0 Å². The van der Waals surface area contributed by atoms with Gasteiger partial charge < -0.3 is 15.7 Å². The lowest BCUT2D eigenvalue weighted by Crippen LogP contribution is -2.22. The minimum Gasteiger partial charge on any atom is -0.449 e. The molecule has 1 aromatic rings. The zero-order valence-corrected chi connectivity index (χ0v) is 10.7. The lowest BCUT2D eigenvalue weighted by molar-refractivity contribution is 0.147. The van der Waals surface area contributed by atoms with Gasteiger partial charge in [-0.1, -0.05) is 25.1 Å². The molecule has 0 saturated heterocycles. The predicted octanol–water partition coefficient (Wildman–Crippen LogP) is 2.12. The van der Waals surface area contributed by atoms with Crippen LogP contribution in [0.25, 0.3) is 0 Å². The monoisotopic (exact) mass is 269 g/mol. The van der Waals surface area contributed by atoms with Crippen molar-refractivity contribution in [3.05, 3.63) is 29.6 Å². The van der Waals surface area contributed by atoms with Gasteiger partial charge in [0, 0.05) is 0 Å². The minimum atomic E-state index is -0.730. The van der Waals surface area contributed by atoms with E-state index in [-0.39, 0.29) is 23.8 Å². The highest BCUT2D eigenvalue weighted by Gasteiger charge is 2.15. The first-order valence-electron chi connectivity index (χ1n) is 5.66. The highest BCUT2D eigenvalue weighted by Crippen LogP contribution is 2.19. The Labute approximate surface area is 110 Å². The summed E-state index contributed by atoms with van der Waals surface area (Å²) in [5.74, 6) is -0.962. The van der Waals surface area contributed by atoms with Crippen LogP contribution in [0, 0.1) is 11.7 Å². The maximum Gasteiger partial charge on any atom is 0.411 e. The van der Waals surface area contributed by atoms with Gasteiger partial charge in [-0.15, -0.1) is 0 Å². The summed E-state index contributed by atoms with van der Waals surface area (Å²) in [5, 5.41) is 13.7. The molecule has 0 saturated carbocycles. The lowest BCUT2D eigenvalue weighted by Gasteiger charge is -2.12. The fourth-order valence-electron chi connectivity index (χ4n) is 1.33. The number of benzene rings is 1. The molecule has 0 aliphatic rings. The lowest BCUT2D eigenvalue weighted by atomic mass is 10.1. The molecule has 0 aliphatic heterocycles. The summed E-state index contributed by atoms with van der Waals surface area (Å²) in [4.78, 5) is 11.5. The first kappa shape index (κ1) is 14.7. The smallest absolute Gasteiger partial charge is 0.411 e. The molecule has 1 rings (SSSR count). The second kappa shape index (κ2) is 6.58. The number of amides is 1. The van der Waals surface area contributed by atoms with Crippen LogP contribution in [0.2, 0.25) is 0 Å². The largest absolute Gasteiger partial charge is 0.449 e. The van der Waals surface area contributed by atoms with Crippen molar-refractivity contribution in [3.63, 3.8) is 0 Å². The number of anilines is 1. The fourth-order valence-corrected chi connectivity index (χ4v) is 1.33. The van der Waals surface area contributed by atoms with Gasteiger partial charge in [0.1, 0.15) is 5.82 Å². The van der Waals surface area contributed by atoms with Gasteiger partial charge in [-0.05, 0) is 18.1 Å². The molecule has 104 valence electrons. The van der Waals surface area contributed by atoms with E-state index in [1.807, 2.05) is 13.8 Å². The number of hydrogen-bond acceptors (Lipinski definition) is 4. The maximum atomic E-state index is 13.6. The first-order valence-corrected chi connectivity index (χ1v) is 5.66. The van der Waals surface area contributed by atoms with Crippen molar-refractivity contribution in [2.75, 3.05) is 11.9 Å². The molecule has 0 unspecified atom stereocenters. The Hall–Kier alpha value is -2.31. The summed E-state index contributed by atoms with van der Waals surface area (Å²) in [7, 11) is 0. The quantitative estimate of drug-likeness (QED) is 0.337. The fraction of sp³-hybridized carbons (Fsp3) is 0.333. The Morgan fingerprint density at radius 3 is 2.84 bits per heavy atom. The molecule has 6 nitrogen and oxygen atoms in total. The SMILES string of the molecule is CC(C)COC(=O)Nc1cccc(F)c1/C(N)=N/O. The molecule has 19 heavy (non-hydrogen) atoms. The normalized spacial score (nSPS) is 11.5. The molecule has 0 atom stereocenters. The number of hydrogen-bond donors (Lipinski definition) is 3. The number of carbonyl (C=O) groups excluding carboxylic acids is 1. The van der Waals surface area contributed by atoms with Gasteiger partial charge >= 0.3 is 6.09 Å². The number of rotatable bonds is 4. The Kier molecular flexibility index (Phi) is 5.11. The number of carbonyl (C=O) groups is 1. The Bertz CT molecular complexity index is 489. The summed E-state index contributed by atoms with van der Waals surface area (Å²) in [6.07, 6.45) is -0.730. The van der Waals surface area contributed by atoms with Gasteiger partial charge in [-0.2, -0.15) is 0 Å². The molecule has 1 aromatic carbocycles. The van der Waals surface area contributed by atoms with E-state index in [0.717, 1.165) is 6.07 Å². The standard InChI is InChI=1S/C12H16FN3O3/c1-7(2)6-19-12(17)15-9-5-3-4-8(13)10(9)11(14)16-18/h3-5,7,18H,6H2,1-2H3,(H2,14,16)(H,15,17). The van der Waals surface area contributed by atoms with Crippen molar-refractivity contribution in [1.82, 2.24) is 0 Å². The van der Waals surface area contributed by atoms with E-state index >= 15 is 0 Å². The van der Waals surface area contributed by atoms with Crippen molar-refractivity contribution < 1.29 is 19.1 Å². The van der Waals surface area contributed by atoms with E-state index < -0.39 is 17.7 Å². The zero-order chi connectivity index (χ0) is 14.4. The van der Waals surface area contributed by atoms with E-state index in [0.29, 0.717) is 0 Å². The molecule has 4 N–H and O–H groups in total. The Morgan fingerprint density at radius 2 is 2.26 bits per heavy atom. The number of halogens is 1. The van der Waals surface area contributed by atoms with Crippen LogP contribution in [-0.4, -0.2) is 23.7 Å². The minimum absolute atomic E-state index is 0.0732. The molecule has 0 spiro atoms. The zero-order valence-electron chi connectivity index (χ0n) is 10.7. The third kappa shape index (κ3) is 4.13. The number of ether oxygens (including phenoxy) is 1. The molecule has 0 bridgehead atoms. The average Bonchev–Trinajstić information content (AvgIpc) is 2.36. The third-order valence-electron chi connectivity index (χ3n) is 2.16. The van der Waals surface area contributed by atoms with Crippen molar-refractivity contribution in [2.24, 2.45) is 16.8 Å². The van der Waals surface area contributed by atoms with Gasteiger partial charge in [0.05, 0.1) is 17.9 Å². The van der Waals surface area contributed by atoms with Crippen molar-refractivity contribution in [3.8, 4) is 0 Å². The van der Waals surface area contributed by atoms with Crippen molar-refractivity contribution >= 4 is 17.6 Å². The summed E-state index contributed by atoms with van der Waals surface area (Å²) in [6.45, 7) is 4.01. The number of nitrogens with two attached hydrogens (primary N) is 1. The topological polar surface area (TPSA) is 96.9 Å². The number of oxime groups is 1. The number of nitrogens with one attached hydrogen (secondary N) is 1. The van der Waals surface area contributed by atoms with Gasteiger partial charge in [-0.3, -0.25) is 5.32 Å². The van der Waals surface area contributed by atoms with E-state index in [1.54, 1.807) is 0 Å². The van der Waals surface area contributed by atoms with Crippen LogP contribution in [0.15, 0.2) is 23.4 Å². The molecule has 0 heterocycles. The first-order chi connectivity index (χ1) is 8.95. The van der Waals surface area contributed by atoms with Crippen LogP contribution in [-0.2, 0) is 4.74 Å². The van der Waals surface area contributed by atoms with Gasteiger partial charge in [0.2, 0.25) is 0 Å². The van der Waals surface area contributed by atoms with Crippen LogP contribution >= 0.6 is 0 Å². The number of amidine groups is 1.